The molecule has 0 amide bonds. The highest BCUT2D eigenvalue weighted by Crippen LogP contribution is 2.26. The van der Waals surface area contributed by atoms with Crippen molar-refractivity contribution in [3.05, 3.63) is 65.5 Å². The molecule has 0 radical (unpaired) electrons. The summed E-state index contributed by atoms with van der Waals surface area (Å²) in [6, 6.07) is 13.4. The number of aliphatic imine (C=N–C) groups is 1. The summed E-state index contributed by atoms with van der Waals surface area (Å²) in [6.45, 7) is 5.93. The van der Waals surface area contributed by atoms with Crippen LogP contribution in [0.25, 0.3) is 11.5 Å². The fourth-order valence-electron chi connectivity index (χ4n) is 2.91. The van der Waals surface area contributed by atoms with Crippen molar-refractivity contribution in [3.8, 4) is 23.0 Å². The van der Waals surface area contributed by atoms with Crippen LogP contribution in [-0.4, -0.2) is 36.2 Å². The van der Waals surface area contributed by atoms with E-state index >= 15 is 0 Å². The summed E-state index contributed by atoms with van der Waals surface area (Å²) in [5, 5.41) is 16.2. The molecule has 30 heavy (non-hydrogen) atoms. The van der Waals surface area contributed by atoms with Crippen LogP contribution in [0.4, 0.5) is 0 Å². The number of aromatic hydroxyl groups is 1. The minimum Gasteiger partial charge on any atom is -0.504 e. The van der Waals surface area contributed by atoms with E-state index in [1.54, 1.807) is 19.4 Å². The molecule has 0 fully saturated rings. The fraction of sp³-hybridized carbons (Fsp3) is 0.304. The average Bonchev–Trinajstić information content (AvgIpc) is 3.22. The van der Waals surface area contributed by atoms with Gasteiger partial charge in [0.25, 0.3) is 0 Å². The number of methoxy groups -OCH3 is 1. The van der Waals surface area contributed by atoms with E-state index in [9.17, 15) is 5.11 Å². The normalized spacial score (nSPS) is 11.4. The summed E-state index contributed by atoms with van der Waals surface area (Å²) >= 11 is 0. The van der Waals surface area contributed by atoms with Gasteiger partial charge in [-0.25, -0.2) is 9.98 Å². The van der Waals surface area contributed by atoms with Gasteiger partial charge >= 0.3 is 0 Å². The second kappa shape index (κ2) is 10.3. The van der Waals surface area contributed by atoms with E-state index in [-0.39, 0.29) is 5.75 Å². The smallest absolute Gasteiger partial charge is 0.226 e. The topological polar surface area (TPSA) is 91.9 Å². The molecule has 7 heteroatoms. The van der Waals surface area contributed by atoms with Gasteiger partial charge in [-0.05, 0) is 50.1 Å². The molecule has 0 unspecified atom stereocenters. The molecule has 0 spiro atoms. The Morgan fingerprint density at radius 1 is 1.17 bits per heavy atom. The summed E-state index contributed by atoms with van der Waals surface area (Å²) in [7, 11) is 1.54. The Balaban J connectivity index is 1.57. The fourth-order valence-corrected chi connectivity index (χ4v) is 2.91. The van der Waals surface area contributed by atoms with Gasteiger partial charge in [0.15, 0.2) is 17.5 Å². The lowest BCUT2D eigenvalue weighted by molar-refractivity contribution is 0.373. The van der Waals surface area contributed by atoms with Crippen LogP contribution in [0.1, 0.15) is 23.7 Å². The zero-order valence-electron chi connectivity index (χ0n) is 17.6. The number of hydrogen-bond donors (Lipinski definition) is 3. The first-order valence-electron chi connectivity index (χ1n) is 9.98. The van der Waals surface area contributed by atoms with Crippen molar-refractivity contribution in [2.75, 3.05) is 20.2 Å². The number of benzene rings is 2. The van der Waals surface area contributed by atoms with Gasteiger partial charge in [0.1, 0.15) is 12.0 Å². The van der Waals surface area contributed by atoms with Gasteiger partial charge in [-0.1, -0.05) is 23.8 Å². The molecule has 0 saturated heterocycles. The third-order valence-corrected chi connectivity index (χ3v) is 4.54. The molecule has 1 heterocycles. The van der Waals surface area contributed by atoms with E-state index in [0.717, 1.165) is 29.8 Å². The molecule has 0 aliphatic carbocycles. The van der Waals surface area contributed by atoms with Crippen LogP contribution >= 0.6 is 0 Å². The van der Waals surface area contributed by atoms with Crippen LogP contribution < -0.4 is 15.4 Å². The Hall–Kier alpha value is -3.48. The van der Waals surface area contributed by atoms with Crippen molar-refractivity contribution in [3.63, 3.8) is 0 Å². The molecule has 7 nitrogen and oxygen atoms in total. The van der Waals surface area contributed by atoms with Crippen molar-refractivity contribution in [1.29, 1.82) is 0 Å². The first kappa shape index (κ1) is 21.2. The standard InChI is InChI=1S/C23H28N4O3/c1-4-24-23(25-12-11-17-7-10-20(28)21(13-17)29-3)26-14-19-15-30-22(27-19)18-8-5-16(2)6-9-18/h5-10,13,15,28H,4,11-12,14H2,1-3H3,(H2,24,25,26). The summed E-state index contributed by atoms with van der Waals surface area (Å²) in [4.78, 5) is 9.12. The minimum atomic E-state index is 0.140. The molecule has 0 aliphatic heterocycles. The number of nitrogens with zero attached hydrogens (tertiary/aromatic N) is 2. The van der Waals surface area contributed by atoms with Crippen LogP contribution in [0.3, 0.4) is 0 Å². The van der Waals surface area contributed by atoms with Gasteiger partial charge in [0, 0.05) is 18.7 Å². The number of hydrogen-bond acceptors (Lipinski definition) is 5. The summed E-state index contributed by atoms with van der Waals surface area (Å²) in [5.41, 5.74) is 3.98. The number of guanidine groups is 1. The van der Waals surface area contributed by atoms with Gasteiger partial charge in [-0.15, -0.1) is 0 Å². The van der Waals surface area contributed by atoms with Gasteiger partial charge in [0.2, 0.25) is 5.89 Å². The van der Waals surface area contributed by atoms with E-state index in [4.69, 9.17) is 9.15 Å². The second-order valence-electron chi connectivity index (χ2n) is 6.89. The lowest BCUT2D eigenvalue weighted by atomic mass is 10.1. The molecule has 3 N–H and O–H groups in total. The molecule has 3 rings (SSSR count). The minimum absolute atomic E-state index is 0.140. The van der Waals surface area contributed by atoms with Gasteiger partial charge < -0.3 is 24.9 Å². The van der Waals surface area contributed by atoms with E-state index < -0.39 is 0 Å². The predicted octanol–water partition coefficient (Wildman–Crippen LogP) is 3.66. The highest BCUT2D eigenvalue weighted by Gasteiger charge is 2.07. The second-order valence-corrected chi connectivity index (χ2v) is 6.89. The predicted molar refractivity (Wildman–Crippen MR) is 118 cm³/mol. The largest absolute Gasteiger partial charge is 0.504 e. The molecule has 0 aliphatic rings. The number of oxazole rings is 1. The quantitative estimate of drug-likeness (QED) is 0.389. The first-order chi connectivity index (χ1) is 14.6. The molecule has 158 valence electrons. The van der Waals surface area contributed by atoms with Crippen LogP contribution in [0.5, 0.6) is 11.5 Å². The molecular weight excluding hydrogens is 380 g/mol. The zero-order valence-corrected chi connectivity index (χ0v) is 17.6. The Morgan fingerprint density at radius 2 is 1.97 bits per heavy atom. The summed E-state index contributed by atoms with van der Waals surface area (Å²) < 4.78 is 10.8. The molecule has 0 saturated carbocycles. The van der Waals surface area contributed by atoms with Crippen LogP contribution in [-0.2, 0) is 13.0 Å². The molecule has 2 aromatic carbocycles. The number of aromatic nitrogens is 1. The number of ether oxygens (including phenoxy) is 1. The molecule has 0 atom stereocenters. The Bertz CT molecular complexity index is 980. The molecule has 3 aromatic rings. The third-order valence-electron chi connectivity index (χ3n) is 4.54. The first-order valence-corrected chi connectivity index (χ1v) is 9.98. The highest BCUT2D eigenvalue weighted by atomic mass is 16.5. The lowest BCUT2D eigenvalue weighted by Gasteiger charge is -2.11. The van der Waals surface area contributed by atoms with Crippen molar-refractivity contribution >= 4 is 5.96 Å². The van der Waals surface area contributed by atoms with Crippen LogP contribution in [0.15, 0.2) is 58.1 Å². The monoisotopic (exact) mass is 408 g/mol. The van der Waals surface area contributed by atoms with Gasteiger partial charge in [0.05, 0.1) is 13.7 Å². The van der Waals surface area contributed by atoms with E-state index in [1.165, 1.54) is 5.56 Å². The van der Waals surface area contributed by atoms with Gasteiger partial charge in [-0.3, -0.25) is 0 Å². The molecule has 1 aromatic heterocycles. The molecular formula is C23H28N4O3. The number of nitrogens with one attached hydrogen (secondary N) is 2. The number of phenols is 1. The third kappa shape index (κ3) is 5.76. The van der Waals surface area contributed by atoms with Crippen LogP contribution in [0, 0.1) is 6.92 Å². The Labute approximate surface area is 176 Å². The SMILES string of the molecule is CCNC(=NCc1coc(-c2ccc(C)cc2)n1)NCCc1ccc(O)c(OC)c1. The maximum absolute atomic E-state index is 9.70. The number of aryl methyl sites for hydroxylation is 1. The highest BCUT2D eigenvalue weighted by molar-refractivity contribution is 5.79. The zero-order chi connectivity index (χ0) is 21.3. The number of rotatable bonds is 8. The van der Waals surface area contributed by atoms with Gasteiger partial charge in [-0.2, -0.15) is 0 Å². The maximum Gasteiger partial charge on any atom is 0.226 e. The lowest BCUT2D eigenvalue weighted by Crippen LogP contribution is -2.38. The Morgan fingerprint density at radius 3 is 2.70 bits per heavy atom. The van der Waals surface area contributed by atoms with Crippen molar-refractivity contribution in [2.45, 2.75) is 26.8 Å². The van der Waals surface area contributed by atoms with E-state index in [0.29, 0.717) is 30.7 Å². The van der Waals surface area contributed by atoms with Crippen LogP contribution in [0.2, 0.25) is 0 Å². The molecule has 0 bridgehead atoms. The van der Waals surface area contributed by atoms with Crippen molar-refractivity contribution in [1.82, 2.24) is 15.6 Å². The number of phenolic OH excluding ortho intramolecular Hbond substituents is 1. The van der Waals surface area contributed by atoms with Crippen molar-refractivity contribution in [2.24, 2.45) is 4.99 Å². The Kier molecular flexibility index (Phi) is 7.32. The maximum atomic E-state index is 9.70. The summed E-state index contributed by atoms with van der Waals surface area (Å²) in [5.74, 6) is 1.92. The average molecular weight is 409 g/mol. The van der Waals surface area contributed by atoms with Crippen molar-refractivity contribution < 1.29 is 14.3 Å². The summed E-state index contributed by atoms with van der Waals surface area (Å²) in [6.07, 6.45) is 2.41. The van der Waals surface area contributed by atoms with E-state index in [1.807, 2.05) is 50.2 Å². The van der Waals surface area contributed by atoms with E-state index in [2.05, 4.69) is 20.6 Å².